The normalized spacial score (nSPS) is 14.3. The Labute approximate surface area is 575 Å². The summed E-state index contributed by atoms with van der Waals surface area (Å²) in [6.07, 6.45) is 40.9. The van der Waals surface area contributed by atoms with Gasteiger partial charge >= 0.3 is 0 Å². The zero-order valence-corrected chi connectivity index (χ0v) is 60.0. The van der Waals surface area contributed by atoms with E-state index in [-0.39, 0.29) is 17.3 Å². The van der Waals surface area contributed by atoms with Gasteiger partial charge in [-0.25, -0.2) is 9.45 Å². The van der Waals surface area contributed by atoms with Gasteiger partial charge in [0.05, 0.1) is 17.8 Å². The Bertz CT molecular complexity index is 3620. The predicted molar refractivity (Wildman–Crippen MR) is 415 cm³/mol. The lowest BCUT2D eigenvalue weighted by Gasteiger charge is -2.49. The Morgan fingerprint density at radius 1 is 0.663 bits per heavy atom. The lowest BCUT2D eigenvalue weighted by molar-refractivity contribution is 0.126. The summed E-state index contributed by atoms with van der Waals surface area (Å²) in [5, 5.41) is 12.4. The van der Waals surface area contributed by atoms with Crippen LogP contribution in [0.1, 0.15) is 214 Å². The molecule has 0 saturated carbocycles. The summed E-state index contributed by atoms with van der Waals surface area (Å²) in [4.78, 5) is 0. The van der Waals surface area contributed by atoms with Crippen LogP contribution in [0.2, 0.25) is 0 Å². The molecule has 0 saturated heterocycles. The first-order valence-corrected chi connectivity index (χ1v) is 35.0. The van der Waals surface area contributed by atoms with Gasteiger partial charge in [0.2, 0.25) is 0 Å². The average molecular weight is 1270 g/mol. The van der Waals surface area contributed by atoms with Gasteiger partial charge in [-0.05, 0) is 182 Å². The van der Waals surface area contributed by atoms with Crippen LogP contribution in [0.25, 0.3) is 22.8 Å². The molecule has 3 nitrogen and oxygen atoms in total. The molecule has 7 aromatic rings. The highest BCUT2D eigenvalue weighted by Gasteiger charge is 2.45. The molecule has 7 aromatic carbocycles. The molecule has 0 bridgehead atoms. The number of hydroxylamine groups is 1. The van der Waals surface area contributed by atoms with Crippen LogP contribution < -0.4 is 9.80 Å². The van der Waals surface area contributed by atoms with E-state index in [1.807, 2.05) is 13.0 Å². The molecule has 0 radical (unpaired) electrons. The molecule has 1 aliphatic heterocycles. The van der Waals surface area contributed by atoms with Crippen LogP contribution in [0.3, 0.4) is 0 Å². The molecule has 1 aliphatic rings. The second-order valence-corrected chi connectivity index (χ2v) is 24.6. The van der Waals surface area contributed by atoms with Gasteiger partial charge in [-0.15, -0.1) is 12.3 Å². The third-order valence-corrected chi connectivity index (χ3v) is 16.5. The van der Waals surface area contributed by atoms with Crippen LogP contribution in [-0.2, 0) is 24.8 Å². The first-order valence-electron chi connectivity index (χ1n) is 35.0. The standard InChI is InChI=1S/C66H69NO2.C10H14.C8H11F.C4H10.C3H8/c1-9-12-15-22-50(6)60(57-24-16-13-17-25-57)45-54-35-38-56(39-36-54)55(21-10-2)37-30-49(5)43-62(58-26-18-14-19-27-58)59-40-33-52(34-41-59)23-20-42-69-65-47-64-63(66(8,11-3)67(64)68)46-61(65)51(7)44-53-31-28-48(4)29-32-53;1-2-3-7-10-8-5-4-6-9-10;1-3-5-7-8(9)6-4-2;1-3-4-2;1-3-2/h2,12-19,22,24-41,43,45-47,51,68H,9,11,20-21,23,42,44H2,1,3-8H3;4-6,8-9H,2-3,7H2,1H3;3,5-7H,1,4H2,2H3;3-4H2,1-2H3;3H2,1-2H3/b15-12-,49-30+,50-22+,55-37+,60-45-,62-43+;;7-5-,8-6+;;. The zero-order chi connectivity index (χ0) is 69.2. The van der Waals surface area contributed by atoms with E-state index in [0.717, 1.165) is 88.9 Å². The van der Waals surface area contributed by atoms with Gasteiger partial charge in [0.1, 0.15) is 11.6 Å². The molecule has 2 unspecified atom stereocenters. The fraction of sp³-hybridized carbons (Fsp3) is 0.319. The monoisotopic (exact) mass is 1270 g/mol. The molecule has 0 aromatic heterocycles. The Morgan fingerprint density at radius 3 is 1.80 bits per heavy atom. The van der Waals surface area contributed by atoms with Gasteiger partial charge < -0.3 is 4.74 Å². The molecule has 95 heavy (non-hydrogen) atoms. The van der Waals surface area contributed by atoms with E-state index >= 15 is 0 Å². The third kappa shape index (κ3) is 26.9. The van der Waals surface area contributed by atoms with Gasteiger partial charge in [0.15, 0.2) is 0 Å². The summed E-state index contributed by atoms with van der Waals surface area (Å²) in [7, 11) is 0. The van der Waals surface area contributed by atoms with Gasteiger partial charge in [-0.3, -0.25) is 5.21 Å². The van der Waals surface area contributed by atoms with Crippen molar-refractivity contribution in [3.05, 3.63) is 321 Å². The van der Waals surface area contributed by atoms with Gasteiger partial charge in [-0.2, -0.15) is 0 Å². The Kier molecular flexibility index (Phi) is 37.1. The average Bonchev–Trinajstić information content (AvgIpc) is 0.719. The Hall–Kier alpha value is -8.75. The third-order valence-electron chi connectivity index (χ3n) is 16.5. The van der Waals surface area contributed by atoms with Crippen LogP contribution in [0, 0.1) is 19.3 Å². The van der Waals surface area contributed by atoms with Crippen molar-refractivity contribution in [1.82, 2.24) is 0 Å². The Balaban J connectivity index is 0.000000617. The molecule has 1 N–H and O–H groups in total. The zero-order valence-electron chi connectivity index (χ0n) is 60.0. The number of ether oxygens (including phenoxy) is 1. The number of benzene rings is 7. The van der Waals surface area contributed by atoms with Gasteiger partial charge in [0, 0.05) is 18.1 Å². The van der Waals surface area contributed by atoms with Crippen LogP contribution in [-0.4, -0.2) is 11.8 Å². The van der Waals surface area contributed by atoms with E-state index < -0.39 is 0 Å². The summed E-state index contributed by atoms with van der Waals surface area (Å²) in [5.74, 6) is 3.81. The minimum atomic E-state index is -0.379. The van der Waals surface area contributed by atoms with Crippen molar-refractivity contribution < 1.29 is 14.3 Å². The molecule has 8 rings (SSSR count). The minimum absolute atomic E-state index is 0.197. The van der Waals surface area contributed by atoms with Crippen LogP contribution in [0.5, 0.6) is 5.75 Å². The molecule has 2 atom stereocenters. The SMILES string of the molecule is C#CC\C(=C/C=C(C)/C=C(\c1ccccc1)c1ccc(CCCOc2cc3c(cc2C(C)Cc2ccc(C)cc2)C(C)(CC)N3O)cc1)c1ccc(/C=C(/C(C)=C/C=C\CC)c2ccccc2)cc1.C=C/C=C\C(F)=C/CC.CCC.CCCC.CCCCc1ccccc1. The van der Waals surface area contributed by atoms with E-state index in [1.165, 1.54) is 106 Å². The number of terminal acetylenes is 1. The summed E-state index contributed by atoms with van der Waals surface area (Å²) < 4.78 is 18.9. The number of nitrogens with zero attached hydrogens (tertiary/aromatic N) is 1. The van der Waals surface area contributed by atoms with E-state index in [2.05, 4.69) is 308 Å². The molecule has 0 aliphatic carbocycles. The smallest absolute Gasteiger partial charge is 0.124 e. The maximum atomic E-state index is 12.3. The summed E-state index contributed by atoms with van der Waals surface area (Å²) in [6.45, 7) is 31.8. The number of allylic oxidation sites excluding steroid dienone is 15. The lowest BCUT2D eigenvalue weighted by atomic mass is 9.77. The molecule has 0 amide bonds. The van der Waals surface area contributed by atoms with Gasteiger partial charge in [0.25, 0.3) is 0 Å². The minimum Gasteiger partial charge on any atom is -0.493 e. The maximum absolute atomic E-state index is 12.3. The fourth-order valence-electron chi connectivity index (χ4n) is 10.6. The van der Waals surface area contributed by atoms with Crippen molar-refractivity contribution in [2.45, 2.75) is 185 Å². The summed E-state index contributed by atoms with van der Waals surface area (Å²) in [6, 6.07) is 62.7. The van der Waals surface area contributed by atoms with Crippen LogP contribution >= 0.6 is 0 Å². The van der Waals surface area contributed by atoms with E-state index in [1.54, 1.807) is 12.2 Å². The lowest BCUT2D eigenvalue weighted by Crippen LogP contribution is -2.50. The highest BCUT2D eigenvalue weighted by atomic mass is 19.1. The second kappa shape index (κ2) is 44.8. The second-order valence-electron chi connectivity index (χ2n) is 24.6. The van der Waals surface area contributed by atoms with Crippen molar-refractivity contribution in [1.29, 1.82) is 0 Å². The number of halogens is 1. The van der Waals surface area contributed by atoms with Crippen molar-refractivity contribution in [3.8, 4) is 18.1 Å². The molecule has 4 heteroatoms. The fourth-order valence-corrected chi connectivity index (χ4v) is 10.6. The number of anilines is 1. The van der Waals surface area contributed by atoms with Gasteiger partial charge in [-0.1, -0.05) is 318 Å². The van der Waals surface area contributed by atoms with E-state index in [9.17, 15) is 9.60 Å². The number of aryl methyl sites for hydroxylation is 3. The number of rotatable bonds is 27. The highest BCUT2D eigenvalue weighted by molar-refractivity contribution is 5.91. The predicted octanol–water partition coefficient (Wildman–Crippen LogP) is 26.4. The topological polar surface area (TPSA) is 32.7 Å². The Morgan fingerprint density at radius 2 is 1.23 bits per heavy atom. The van der Waals surface area contributed by atoms with Crippen molar-refractivity contribution in [2.24, 2.45) is 0 Å². The number of unbranched alkanes of at least 4 members (excludes halogenated alkanes) is 2. The van der Waals surface area contributed by atoms with Crippen LogP contribution in [0.15, 0.2) is 260 Å². The number of hydrogen-bond donors (Lipinski definition) is 1. The quantitative estimate of drug-likeness (QED) is 0.0241. The summed E-state index contributed by atoms with van der Waals surface area (Å²) >= 11 is 0. The first-order chi connectivity index (χ1) is 46.1. The first kappa shape index (κ1) is 78.7. The molecule has 0 fully saturated rings. The molecular weight excluding hydrogens is 1160 g/mol. The van der Waals surface area contributed by atoms with E-state index in [4.69, 9.17) is 11.2 Å². The molecular formula is C91H112FNO2. The van der Waals surface area contributed by atoms with Crippen LogP contribution in [0.4, 0.5) is 10.1 Å². The van der Waals surface area contributed by atoms with Crippen molar-refractivity contribution in [3.63, 3.8) is 0 Å². The largest absolute Gasteiger partial charge is 0.493 e. The molecule has 1 heterocycles. The highest BCUT2D eigenvalue weighted by Crippen LogP contribution is 2.52. The van der Waals surface area contributed by atoms with Crippen molar-refractivity contribution >= 4 is 28.5 Å². The summed E-state index contributed by atoms with van der Waals surface area (Å²) in [5.41, 5.74) is 19.7. The molecule has 500 valence electrons. The van der Waals surface area contributed by atoms with Crippen molar-refractivity contribution in [2.75, 3.05) is 11.7 Å². The van der Waals surface area contributed by atoms with E-state index in [0.29, 0.717) is 13.0 Å². The number of hydrogen-bond acceptors (Lipinski definition) is 3. The maximum Gasteiger partial charge on any atom is 0.124 e. The molecule has 0 spiro atoms. The number of fused-ring (bicyclic) bond motifs is 1.